The number of nitrogens with zero attached hydrogens (tertiary/aromatic N) is 2. The maximum absolute atomic E-state index is 13.3. The molecule has 1 fully saturated rings. The maximum Gasteiger partial charge on any atom is 0.416 e. The van der Waals surface area contributed by atoms with Crippen LogP contribution >= 0.6 is 0 Å². The normalized spacial score (nSPS) is 15.8. The summed E-state index contributed by atoms with van der Waals surface area (Å²) >= 11 is 0. The number of pyridine rings is 1. The number of halogens is 3. The number of alkyl halides is 3. The highest BCUT2D eigenvalue weighted by atomic mass is 19.4. The van der Waals surface area contributed by atoms with E-state index in [0.29, 0.717) is 35.0 Å². The summed E-state index contributed by atoms with van der Waals surface area (Å²) in [5.41, 5.74) is 1.59. The second kappa shape index (κ2) is 10.5. The molecule has 0 radical (unpaired) electrons. The van der Waals surface area contributed by atoms with Gasteiger partial charge in [-0.2, -0.15) is 13.2 Å². The molecule has 2 heterocycles. The van der Waals surface area contributed by atoms with E-state index in [4.69, 9.17) is 9.84 Å². The molecule has 2 N–H and O–H groups in total. The molecule has 4 rings (SSSR count). The number of rotatable bonds is 7. The molecule has 8 heteroatoms. The van der Waals surface area contributed by atoms with Gasteiger partial charge < -0.3 is 14.9 Å². The zero-order valence-electron chi connectivity index (χ0n) is 18.6. The zero-order valence-corrected chi connectivity index (χ0v) is 18.6. The Labute approximate surface area is 196 Å². The molecule has 0 bridgehead atoms. The average molecular weight is 473 g/mol. The molecule has 1 unspecified atom stereocenters. The van der Waals surface area contributed by atoms with Gasteiger partial charge in [-0.1, -0.05) is 12.5 Å². The fourth-order valence-electron chi connectivity index (χ4n) is 4.05. The van der Waals surface area contributed by atoms with Gasteiger partial charge in [-0.15, -0.1) is 0 Å². The molecule has 180 valence electrons. The highest BCUT2D eigenvalue weighted by molar-refractivity contribution is 5.60. The van der Waals surface area contributed by atoms with Crippen LogP contribution in [-0.2, 0) is 12.7 Å². The van der Waals surface area contributed by atoms with Gasteiger partial charge in [-0.3, -0.25) is 4.90 Å². The number of ether oxygens (including phenoxy) is 1. The summed E-state index contributed by atoms with van der Waals surface area (Å²) in [7, 11) is 0. The van der Waals surface area contributed by atoms with Crippen molar-refractivity contribution in [3.63, 3.8) is 0 Å². The van der Waals surface area contributed by atoms with Crippen molar-refractivity contribution in [3.05, 3.63) is 77.5 Å². The van der Waals surface area contributed by atoms with Crippen molar-refractivity contribution >= 4 is 0 Å². The predicted molar refractivity (Wildman–Crippen MR) is 122 cm³/mol. The third-order valence-corrected chi connectivity index (χ3v) is 5.89. The average Bonchev–Trinajstić information content (AvgIpc) is 2.85. The van der Waals surface area contributed by atoms with Gasteiger partial charge in [0.25, 0.3) is 0 Å². The number of hydrogen-bond acceptors (Lipinski definition) is 5. The van der Waals surface area contributed by atoms with Crippen LogP contribution in [0.25, 0.3) is 11.3 Å². The zero-order chi connectivity index (χ0) is 24.1. The SMILES string of the molecule is OCC(O)c1cccc(-c2ccc(Oc3ccc(C(F)(F)F)cc3CN3CCCCC3)cc2)n1. The fourth-order valence-corrected chi connectivity index (χ4v) is 4.05. The molecule has 1 atom stereocenters. The van der Waals surface area contributed by atoms with Gasteiger partial charge in [0.2, 0.25) is 0 Å². The van der Waals surface area contributed by atoms with Gasteiger partial charge in [-0.05, 0) is 80.5 Å². The highest BCUT2D eigenvalue weighted by Crippen LogP contribution is 2.35. The molecule has 0 spiro atoms. The van der Waals surface area contributed by atoms with Crippen LogP contribution in [-0.4, -0.2) is 39.8 Å². The molecule has 0 aliphatic carbocycles. The number of aromatic nitrogens is 1. The molecule has 0 amide bonds. The predicted octanol–water partition coefficient (Wildman–Crippen LogP) is 5.57. The first-order chi connectivity index (χ1) is 16.3. The van der Waals surface area contributed by atoms with Gasteiger partial charge in [0.15, 0.2) is 0 Å². The van der Waals surface area contributed by atoms with Gasteiger partial charge >= 0.3 is 6.18 Å². The standard InChI is InChI=1S/C26H27F3N2O3/c27-26(28,29)20-9-12-25(19(15-20)16-31-13-2-1-3-14-31)34-21-10-7-18(8-11-21)22-5-4-6-23(30-22)24(33)17-32/h4-12,15,24,32-33H,1-3,13-14,16-17H2. The van der Waals surface area contributed by atoms with Gasteiger partial charge in [-0.25, -0.2) is 4.98 Å². The Bertz CT molecular complexity index is 1100. The van der Waals surface area contributed by atoms with E-state index in [0.717, 1.165) is 44.0 Å². The molecule has 2 aromatic carbocycles. The number of benzene rings is 2. The second-order valence-corrected chi connectivity index (χ2v) is 8.43. The Kier molecular flexibility index (Phi) is 7.50. The van der Waals surface area contributed by atoms with Crippen LogP contribution in [0.5, 0.6) is 11.5 Å². The molecular formula is C26H27F3N2O3. The summed E-state index contributed by atoms with van der Waals surface area (Å²) in [4.78, 5) is 6.54. The van der Waals surface area contributed by atoms with E-state index in [1.807, 2.05) is 0 Å². The second-order valence-electron chi connectivity index (χ2n) is 8.43. The quantitative estimate of drug-likeness (QED) is 0.471. The van der Waals surface area contributed by atoms with Crippen LogP contribution in [0.15, 0.2) is 60.7 Å². The smallest absolute Gasteiger partial charge is 0.416 e. The van der Waals surface area contributed by atoms with Gasteiger partial charge in [0.05, 0.1) is 23.6 Å². The van der Waals surface area contributed by atoms with Crippen molar-refractivity contribution in [2.45, 2.75) is 38.1 Å². The van der Waals surface area contributed by atoms with Crippen LogP contribution in [0, 0.1) is 0 Å². The summed E-state index contributed by atoms with van der Waals surface area (Å²) in [6.45, 7) is 1.71. The summed E-state index contributed by atoms with van der Waals surface area (Å²) in [6, 6.07) is 15.8. The molecule has 1 aliphatic rings. The molecule has 1 saturated heterocycles. The minimum atomic E-state index is -4.41. The minimum absolute atomic E-state index is 0.368. The fraction of sp³-hybridized carbons (Fsp3) is 0.346. The van der Waals surface area contributed by atoms with E-state index >= 15 is 0 Å². The molecule has 0 saturated carbocycles. The van der Waals surface area contributed by atoms with Crippen LogP contribution in [0.4, 0.5) is 13.2 Å². The van der Waals surface area contributed by atoms with E-state index in [1.54, 1.807) is 42.5 Å². The Morgan fingerprint density at radius 2 is 1.71 bits per heavy atom. The Balaban J connectivity index is 1.56. The third-order valence-electron chi connectivity index (χ3n) is 5.89. The van der Waals surface area contributed by atoms with Crippen LogP contribution in [0.1, 0.15) is 42.2 Å². The Morgan fingerprint density at radius 3 is 2.38 bits per heavy atom. The summed E-state index contributed by atoms with van der Waals surface area (Å²) in [6.07, 6.45) is -2.24. The topological polar surface area (TPSA) is 65.8 Å². The Hall–Kier alpha value is -2.94. The molecule has 1 aromatic heterocycles. The highest BCUT2D eigenvalue weighted by Gasteiger charge is 2.31. The molecule has 1 aliphatic heterocycles. The lowest BCUT2D eigenvalue weighted by Crippen LogP contribution is -2.29. The first-order valence-corrected chi connectivity index (χ1v) is 11.3. The lowest BCUT2D eigenvalue weighted by atomic mass is 10.1. The lowest BCUT2D eigenvalue weighted by molar-refractivity contribution is -0.137. The summed E-state index contributed by atoms with van der Waals surface area (Å²) < 4.78 is 46.0. The van der Waals surface area contributed by atoms with Crippen molar-refractivity contribution in [3.8, 4) is 22.8 Å². The first-order valence-electron chi connectivity index (χ1n) is 11.3. The van der Waals surface area contributed by atoms with E-state index in [-0.39, 0.29) is 0 Å². The monoisotopic (exact) mass is 472 g/mol. The number of piperidine rings is 1. The van der Waals surface area contributed by atoms with Gasteiger partial charge in [0.1, 0.15) is 17.6 Å². The number of likely N-dealkylation sites (tertiary alicyclic amines) is 1. The lowest BCUT2D eigenvalue weighted by Gasteiger charge is -2.27. The Morgan fingerprint density at radius 1 is 0.971 bits per heavy atom. The molecule has 34 heavy (non-hydrogen) atoms. The number of aliphatic hydroxyl groups is 2. The van der Waals surface area contributed by atoms with Crippen molar-refractivity contribution < 1.29 is 28.1 Å². The summed E-state index contributed by atoms with van der Waals surface area (Å²) in [5, 5.41) is 19.0. The number of aliphatic hydroxyl groups excluding tert-OH is 2. The van der Waals surface area contributed by atoms with Crippen molar-refractivity contribution in [1.29, 1.82) is 0 Å². The van der Waals surface area contributed by atoms with E-state index < -0.39 is 24.5 Å². The molecule has 3 aromatic rings. The van der Waals surface area contributed by atoms with E-state index in [9.17, 15) is 18.3 Å². The minimum Gasteiger partial charge on any atom is -0.457 e. The van der Waals surface area contributed by atoms with Crippen LogP contribution < -0.4 is 4.74 Å². The van der Waals surface area contributed by atoms with Crippen molar-refractivity contribution in [2.75, 3.05) is 19.7 Å². The molecule has 5 nitrogen and oxygen atoms in total. The van der Waals surface area contributed by atoms with Crippen LogP contribution in [0.2, 0.25) is 0 Å². The largest absolute Gasteiger partial charge is 0.457 e. The summed E-state index contributed by atoms with van der Waals surface area (Å²) in [5.74, 6) is 0.896. The number of hydrogen-bond donors (Lipinski definition) is 2. The maximum atomic E-state index is 13.3. The first kappa shape index (κ1) is 24.2. The third kappa shape index (κ3) is 5.94. The van der Waals surface area contributed by atoms with Gasteiger partial charge in [0, 0.05) is 17.7 Å². The van der Waals surface area contributed by atoms with Crippen molar-refractivity contribution in [1.82, 2.24) is 9.88 Å². The van der Waals surface area contributed by atoms with E-state index in [1.165, 1.54) is 12.1 Å². The van der Waals surface area contributed by atoms with Crippen LogP contribution in [0.3, 0.4) is 0 Å². The van der Waals surface area contributed by atoms with E-state index in [2.05, 4.69) is 9.88 Å². The van der Waals surface area contributed by atoms with Crippen molar-refractivity contribution in [2.24, 2.45) is 0 Å². The molecular weight excluding hydrogens is 445 g/mol.